The predicted molar refractivity (Wildman–Crippen MR) is 138 cm³/mol. The van der Waals surface area contributed by atoms with E-state index < -0.39 is 17.9 Å². The Kier molecular flexibility index (Phi) is 6.58. The van der Waals surface area contributed by atoms with E-state index in [9.17, 15) is 14.7 Å². The van der Waals surface area contributed by atoms with Crippen molar-refractivity contribution in [2.24, 2.45) is 0 Å². The number of rotatable bonds is 5. The highest BCUT2D eigenvalue weighted by Gasteiger charge is 2.44. The zero-order chi connectivity index (χ0) is 24.4. The third kappa shape index (κ3) is 4.68. The standard InChI is InChI=1S/C30H32N2O3/c1-21-15-16-22-10-8-9-17-31(26(22)18-21)25-19-27(30(34)35)32(20-25)29(33)28(23-11-4-2-5-12-23)24-13-6-3-7-14-24/h2-7,11-16,18,25,27-28H,8-10,17,19-20H2,1H3,(H,34,35)/t25-,27-/m0/s1. The van der Waals surface area contributed by atoms with E-state index in [1.807, 2.05) is 60.7 Å². The second-order valence-corrected chi connectivity index (χ2v) is 9.77. The molecule has 0 aromatic heterocycles. The maximum Gasteiger partial charge on any atom is 0.326 e. The summed E-state index contributed by atoms with van der Waals surface area (Å²) in [6.45, 7) is 3.40. The van der Waals surface area contributed by atoms with Gasteiger partial charge in [0.2, 0.25) is 5.91 Å². The quantitative estimate of drug-likeness (QED) is 0.571. The molecule has 0 unspecified atom stereocenters. The second-order valence-electron chi connectivity index (χ2n) is 9.77. The van der Waals surface area contributed by atoms with Crippen molar-refractivity contribution in [3.63, 3.8) is 0 Å². The first-order valence-electron chi connectivity index (χ1n) is 12.5. The summed E-state index contributed by atoms with van der Waals surface area (Å²) in [4.78, 5) is 30.5. The van der Waals surface area contributed by atoms with Gasteiger partial charge in [-0.05, 0) is 54.5 Å². The summed E-state index contributed by atoms with van der Waals surface area (Å²) in [5.74, 6) is -1.60. The maximum absolute atomic E-state index is 14.1. The number of hydrogen-bond donors (Lipinski definition) is 1. The molecule has 0 bridgehead atoms. The largest absolute Gasteiger partial charge is 0.480 e. The van der Waals surface area contributed by atoms with Gasteiger partial charge in [-0.15, -0.1) is 0 Å². The smallest absolute Gasteiger partial charge is 0.326 e. The van der Waals surface area contributed by atoms with Crippen LogP contribution in [0, 0.1) is 6.92 Å². The fourth-order valence-electron chi connectivity index (χ4n) is 5.70. The van der Waals surface area contributed by atoms with Gasteiger partial charge in [0.1, 0.15) is 6.04 Å². The third-order valence-electron chi connectivity index (χ3n) is 7.45. The van der Waals surface area contributed by atoms with Gasteiger partial charge in [-0.3, -0.25) is 4.79 Å². The number of likely N-dealkylation sites (tertiary alicyclic amines) is 1. The average Bonchev–Trinajstić information content (AvgIpc) is 3.22. The molecular weight excluding hydrogens is 436 g/mol. The molecule has 3 aromatic rings. The molecule has 5 heteroatoms. The number of anilines is 1. The minimum Gasteiger partial charge on any atom is -0.480 e. The minimum absolute atomic E-state index is 0.0223. The number of carbonyl (C=O) groups excluding carboxylic acids is 1. The molecule has 35 heavy (non-hydrogen) atoms. The fraction of sp³-hybridized carbons (Fsp3) is 0.333. The third-order valence-corrected chi connectivity index (χ3v) is 7.45. The lowest BCUT2D eigenvalue weighted by molar-refractivity contribution is -0.148. The monoisotopic (exact) mass is 468 g/mol. The normalized spacial score (nSPS) is 19.9. The maximum atomic E-state index is 14.1. The number of aliphatic carboxylic acids is 1. The molecule has 0 aliphatic carbocycles. The molecule has 5 rings (SSSR count). The minimum atomic E-state index is -0.931. The highest BCUT2D eigenvalue weighted by atomic mass is 16.4. The summed E-state index contributed by atoms with van der Waals surface area (Å²) in [5.41, 5.74) is 5.48. The Bertz CT molecular complexity index is 1160. The molecule has 180 valence electrons. The van der Waals surface area contributed by atoms with Gasteiger partial charge in [0.25, 0.3) is 0 Å². The molecule has 1 N–H and O–H groups in total. The summed E-state index contributed by atoms with van der Waals surface area (Å²) < 4.78 is 0. The number of benzene rings is 3. The van der Waals surface area contributed by atoms with Crippen LogP contribution in [0.1, 0.15) is 47.4 Å². The average molecular weight is 469 g/mol. The van der Waals surface area contributed by atoms with Crippen molar-refractivity contribution in [3.8, 4) is 0 Å². The van der Waals surface area contributed by atoms with Crippen molar-refractivity contribution in [2.75, 3.05) is 18.0 Å². The second kappa shape index (κ2) is 9.95. The topological polar surface area (TPSA) is 60.9 Å². The summed E-state index contributed by atoms with van der Waals surface area (Å²) in [6.07, 6.45) is 3.65. The number of aryl methyl sites for hydroxylation is 2. The van der Waals surface area contributed by atoms with Crippen LogP contribution in [0.3, 0.4) is 0 Å². The lowest BCUT2D eigenvalue weighted by atomic mass is 9.90. The predicted octanol–water partition coefficient (Wildman–Crippen LogP) is 5.02. The van der Waals surface area contributed by atoms with Gasteiger partial charge in [0.15, 0.2) is 0 Å². The number of nitrogens with zero attached hydrogens (tertiary/aromatic N) is 2. The molecule has 0 radical (unpaired) electrons. The van der Waals surface area contributed by atoms with Crippen molar-refractivity contribution in [3.05, 3.63) is 101 Å². The highest BCUT2D eigenvalue weighted by Crippen LogP contribution is 2.36. The van der Waals surface area contributed by atoms with Crippen LogP contribution in [0.2, 0.25) is 0 Å². The van der Waals surface area contributed by atoms with Crippen LogP contribution in [-0.2, 0) is 16.0 Å². The Morgan fingerprint density at radius 1 is 0.914 bits per heavy atom. The van der Waals surface area contributed by atoms with E-state index in [4.69, 9.17) is 0 Å². The van der Waals surface area contributed by atoms with Crippen LogP contribution in [-0.4, -0.2) is 47.1 Å². The van der Waals surface area contributed by atoms with E-state index in [2.05, 4.69) is 30.0 Å². The van der Waals surface area contributed by atoms with E-state index in [-0.39, 0.29) is 11.9 Å². The zero-order valence-corrected chi connectivity index (χ0v) is 20.1. The van der Waals surface area contributed by atoms with Gasteiger partial charge >= 0.3 is 5.97 Å². The molecular formula is C30H32N2O3. The first-order valence-corrected chi connectivity index (χ1v) is 12.5. The van der Waals surface area contributed by atoms with E-state index in [0.29, 0.717) is 13.0 Å². The van der Waals surface area contributed by atoms with Gasteiger partial charge in [-0.25, -0.2) is 4.79 Å². The summed E-state index contributed by atoms with van der Waals surface area (Å²) in [7, 11) is 0. The van der Waals surface area contributed by atoms with E-state index in [1.54, 1.807) is 4.90 Å². The van der Waals surface area contributed by atoms with Crippen LogP contribution in [0.4, 0.5) is 5.69 Å². The van der Waals surface area contributed by atoms with Crippen LogP contribution in [0.25, 0.3) is 0 Å². The van der Waals surface area contributed by atoms with Crippen molar-refractivity contribution in [1.82, 2.24) is 4.90 Å². The van der Waals surface area contributed by atoms with Crippen LogP contribution in [0.5, 0.6) is 0 Å². The van der Waals surface area contributed by atoms with Gasteiger partial charge in [0, 0.05) is 31.2 Å². The van der Waals surface area contributed by atoms with Crippen molar-refractivity contribution in [2.45, 2.75) is 50.6 Å². The molecule has 0 spiro atoms. The summed E-state index contributed by atoms with van der Waals surface area (Å²) in [5, 5.41) is 10.2. The molecule has 2 atom stereocenters. The number of hydrogen-bond acceptors (Lipinski definition) is 3. The number of carbonyl (C=O) groups is 2. The Labute approximate surface area is 207 Å². The van der Waals surface area contributed by atoms with E-state index in [1.165, 1.54) is 16.8 Å². The molecule has 5 nitrogen and oxygen atoms in total. The Morgan fingerprint density at radius 3 is 2.20 bits per heavy atom. The molecule has 1 saturated heterocycles. The van der Waals surface area contributed by atoms with Gasteiger partial charge in [-0.1, -0.05) is 72.8 Å². The number of fused-ring (bicyclic) bond motifs is 1. The molecule has 2 aliphatic rings. The summed E-state index contributed by atoms with van der Waals surface area (Å²) >= 11 is 0. The SMILES string of the molecule is Cc1ccc2c(c1)N([C@H]1C[C@@H](C(=O)O)N(C(=O)C(c3ccccc3)c3ccccc3)C1)CCCC2. The number of carboxylic acid groups (broad SMARTS) is 1. The van der Waals surface area contributed by atoms with Gasteiger partial charge in [-0.2, -0.15) is 0 Å². The Balaban J connectivity index is 1.49. The number of amides is 1. The number of carboxylic acids is 1. The lowest BCUT2D eigenvalue weighted by Crippen LogP contribution is -2.44. The van der Waals surface area contributed by atoms with Crippen LogP contribution < -0.4 is 4.90 Å². The van der Waals surface area contributed by atoms with Crippen molar-refractivity contribution >= 4 is 17.6 Å². The molecule has 3 aromatic carbocycles. The molecule has 1 fully saturated rings. The van der Waals surface area contributed by atoms with Crippen LogP contribution in [0.15, 0.2) is 78.9 Å². The van der Waals surface area contributed by atoms with Gasteiger partial charge < -0.3 is 14.9 Å². The highest BCUT2D eigenvalue weighted by molar-refractivity contribution is 5.91. The Hall–Kier alpha value is -3.60. The van der Waals surface area contributed by atoms with E-state index in [0.717, 1.165) is 36.9 Å². The zero-order valence-electron chi connectivity index (χ0n) is 20.1. The lowest BCUT2D eigenvalue weighted by Gasteiger charge is -2.32. The van der Waals surface area contributed by atoms with Gasteiger partial charge in [0.05, 0.1) is 5.92 Å². The first kappa shape index (κ1) is 23.2. The van der Waals surface area contributed by atoms with E-state index >= 15 is 0 Å². The molecule has 1 amide bonds. The molecule has 0 saturated carbocycles. The fourth-order valence-corrected chi connectivity index (χ4v) is 5.70. The van der Waals surface area contributed by atoms with Crippen LogP contribution >= 0.6 is 0 Å². The first-order chi connectivity index (χ1) is 17.0. The summed E-state index contributed by atoms with van der Waals surface area (Å²) in [6, 6.07) is 25.1. The molecule has 2 aliphatic heterocycles. The van der Waals surface area contributed by atoms with Crippen molar-refractivity contribution in [1.29, 1.82) is 0 Å². The Morgan fingerprint density at radius 2 is 1.57 bits per heavy atom. The van der Waals surface area contributed by atoms with Crippen molar-refractivity contribution < 1.29 is 14.7 Å². The molecule has 2 heterocycles.